The summed E-state index contributed by atoms with van der Waals surface area (Å²) in [4.78, 5) is 40.3. The zero-order valence-electron chi connectivity index (χ0n) is 25.8. The number of amides is 2. The van der Waals surface area contributed by atoms with Gasteiger partial charge in [0.1, 0.15) is 23.1 Å². The van der Waals surface area contributed by atoms with E-state index in [1.54, 1.807) is 46.2 Å². The lowest BCUT2D eigenvalue weighted by Crippen LogP contribution is -2.34. The van der Waals surface area contributed by atoms with Crippen LogP contribution >= 0.6 is 55.1 Å². The van der Waals surface area contributed by atoms with E-state index in [4.69, 9.17) is 33.2 Å². The lowest BCUT2D eigenvalue weighted by molar-refractivity contribution is -0.123. The maximum Gasteiger partial charge on any atom is 0.278 e. The Morgan fingerprint density at radius 2 is 0.917 bits per heavy atom. The fourth-order valence-electron chi connectivity index (χ4n) is 5.54. The summed E-state index contributed by atoms with van der Waals surface area (Å²) in [5.41, 5.74) is 4.20. The van der Waals surface area contributed by atoms with E-state index in [0.29, 0.717) is 46.2 Å². The van der Waals surface area contributed by atoms with Crippen molar-refractivity contribution in [2.45, 2.75) is 25.7 Å². The van der Waals surface area contributed by atoms with Gasteiger partial charge < -0.3 is 0 Å². The molecule has 10 heteroatoms. The molecular formula is C38H30Br2Cl2N4O2. The van der Waals surface area contributed by atoms with E-state index in [1.165, 1.54) is 0 Å². The normalized spacial score (nSPS) is 16.3. The molecule has 2 heterocycles. The molecule has 48 heavy (non-hydrogen) atoms. The van der Waals surface area contributed by atoms with Crippen molar-refractivity contribution < 1.29 is 9.59 Å². The molecule has 242 valence electrons. The SMILES string of the molecule is O=C1C(=Cc2ccc(Cl)cc2)N=C(c2ccccc2Br)N1CCCCCCN1C(=O)C(=Cc2ccc(Cl)cc2)N=C1c1ccccc1Br. The average molecular weight is 805 g/mol. The molecule has 6 rings (SSSR count). The molecule has 0 fully saturated rings. The third-order valence-electron chi connectivity index (χ3n) is 7.98. The van der Waals surface area contributed by atoms with E-state index in [2.05, 4.69) is 31.9 Å². The highest BCUT2D eigenvalue weighted by molar-refractivity contribution is 9.10. The molecule has 0 aromatic heterocycles. The van der Waals surface area contributed by atoms with Gasteiger partial charge in [-0.3, -0.25) is 19.4 Å². The van der Waals surface area contributed by atoms with Gasteiger partial charge in [0.25, 0.3) is 11.8 Å². The molecule has 0 bridgehead atoms. The summed E-state index contributed by atoms with van der Waals surface area (Å²) in [6.45, 7) is 1.05. The summed E-state index contributed by atoms with van der Waals surface area (Å²) >= 11 is 19.4. The maximum absolute atomic E-state index is 13.6. The Bertz CT molecular complexity index is 1830. The first kappa shape index (κ1) is 34.1. The molecule has 0 N–H and O–H groups in total. The third kappa shape index (κ3) is 7.90. The van der Waals surface area contributed by atoms with Crippen molar-refractivity contribution in [3.8, 4) is 0 Å². The standard InChI is InChI=1S/C38H30Br2Cl2N4O2/c39-31-11-5-3-9-29(31)35-43-33(23-25-13-17-27(41)18-14-25)37(47)45(35)21-7-1-2-8-22-46-36(30-10-4-6-12-32(30)40)44-34(38(46)48)24-26-15-19-28(42)20-16-26/h3-6,9-20,23-24H,1-2,7-8,21-22H2. The van der Waals surface area contributed by atoms with Gasteiger partial charge >= 0.3 is 0 Å². The molecular weight excluding hydrogens is 775 g/mol. The minimum absolute atomic E-state index is 0.132. The molecule has 0 saturated carbocycles. The van der Waals surface area contributed by atoms with Crippen molar-refractivity contribution in [1.29, 1.82) is 0 Å². The predicted molar refractivity (Wildman–Crippen MR) is 202 cm³/mol. The molecule has 0 saturated heterocycles. The predicted octanol–water partition coefficient (Wildman–Crippen LogP) is 10.0. The number of rotatable bonds is 11. The van der Waals surface area contributed by atoms with Gasteiger partial charge in [-0.05, 0) is 72.5 Å². The molecule has 4 aromatic rings. The van der Waals surface area contributed by atoms with Gasteiger partial charge in [-0.15, -0.1) is 0 Å². The lowest BCUT2D eigenvalue weighted by atomic mass is 10.1. The minimum Gasteiger partial charge on any atom is -0.291 e. The second kappa shape index (κ2) is 15.6. The molecule has 0 radical (unpaired) electrons. The van der Waals surface area contributed by atoms with Crippen molar-refractivity contribution in [2.75, 3.05) is 13.1 Å². The number of carbonyl (C=O) groups is 2. The van der Waals surface area contributed by atoms with Crippen molar-refractivity contribution in [3.05, 3.63) is 150 Å². The number of nitrogens with zero attached hydrogens (tertiary/aromatic N) is 4. The van der Waals surface area contributed by atoms with Crippen LogP contribution in [0.1, 0.15) is 47.9 Å². The Hall–Kier alpha value is -3.82. The molecule has 0 unspecified atom stereocenters. The van der Waals surface area contributed by atoms with Crippen LogP contribution in [0.4, 0.5) is 0 Å². The molecule has 6 nitrogen and oxygen atoms in total. The van der Waals surface area contributed by atoms with Crippen molar-refractivity contribution in [2.24, 2.45) is 9.98 Å². The average Bonchev–Trinajstić information content (AvgIpc) is 3.55. The summed E-state index contributed by atoms with van der Waals surface area (Å²) in [6, 6.07) is 30.2. The number of aliphatic imine (C=N–C) groups is 2. The molecule has 2 aliphatic heterocycles. The van der Waals surface area contributed by atoms with Crippen LogP contribution in [-0.4, -0.2) is 46.4 Å². The van der Waals surface area contributed by atoms with Crippen LogP contribution in [0.15, 0.2) is 127 Å². The van der Waals surface area contributed by atoms with Crippen LogP contribution in [-0.2, 0) is 9.59 Å². The lowest BCUT2D eigenvalue weighted by Gasteiger charge is -2.20. The van der Waals surface area contributed by atoms with Gasteiger partial charge in [0.05, 0.1) is 0 Å². The molecule has 4 aromatic carbocycles. The molecule has 0 aliphatic carbocycles. The number of unbranched alkanes of at least 4 members (excludes halogenated alkanes) is 3. The van der Waals surface area contributed by atoms with Gasteiger partial charge in [-0.1, -0.05) is 129 Å². The van der Waals surface area contributed by atoms with Gasteiger partial charge in [0.15, 0.2) is 0 Å². The van der Waals surface area contributed by atoms with Crippen LogP contribution in [0, 0.1) is 0 Å². The molecule has 2 aliphatic rings. The van der Waals surface area contributed by atoms with Crippen molar-refractivity contribution in [1.82, 2.24) is 9.80 Å². The molecule has 0 spiro atoms. The number of amidine groups is 2. The van der Waals surface area contributed by atoms with E-state index in [-0.39, 0.29) is 11.8 Å². The highest BCUT2D eigenvalue weighted by atomic mass is 79.9. The second-order valence-corrected chi connectivity index (χ2v) is 13.9. The third-order valence-corrected chi connectivity index (χ3v) is 9.87. The molecule has 2 amide bonds. The largest absolute Gasteiger partial charge is 0.291 e. The smallest absolute Gasteiger partial charge is 0.278 e. The zero-order valence-corrected chi connectivity index (χ0v) is 30.4. The molecule has 0 atom stereocenters. The Morgan fingerprint density at radius 1 is 0.542 bits per heavy atom. The first-order chi connectivity index (χ1) is 23.3. The van der Waals surface area contributed by atoms with Crippen molar-refractivity contribution in [3.63, 3.8) is 0 Å². The minimum atomic E-state index is -0.132. The van der Waals surface area contributed by atoms with Crippen LogP contribution in [0.5, 0.6) is 0 Å². The first-order valence-electron chi connectivity index (χ1n) is 15.5. The quantitative estimate of drug-likeness (QED) is 0.112. The summed E-state index contributed by atoms with van der Waals surface area (Å²) in [6.07, 6.45) is 6.90. The van der Waals surface area contributed by atoms with Gasteiger partial charge in [-0.2, -0.15) is 0 Å². The van der Waals surface area contributed by atoms with E-state index in [9.17, 15) is 9.59 Å². The highest BCUT2D eigenvalue weighted by Crippen LogP contribution is 2.29. The summed E-state index contributed by atoms with van der Waals surface area (Å²) < 4.78 is 1.74. The number of hydrogen-bond donors (Lipinski definition) is 0. The monoisotopic (exact) mass is 802 g/mol. The van der Waals surface area contributed by atoms with Crippen LogP contribution in [0.25, 0.3) is 12.2 Å². The topological polar surface area (TPSA) is 65.3 Å². The number of hydrogen-bond acceptors (Lipinski definition) is 4. The number of carbonyl (C=O) groups excluding carboxylic acids is 2. The van der Waals surface area contributed by atoms with E-state index < -0.39 is 0 Å². The number of halogens is 4. The van der Waals surface area contributed by atoms with Gasteiger partial charge in [0.2, 0.25) is 0 Å². The van der Waals surface area contributed by atoms with Crippen LogP contribution in [0.2, 0.25) is 10.0 Å². The summed E-state index contributed by atoms with van der Waals surface area (Å²) in [5, 5.41) is 1.27. The van der Waals surface area contributed by atoms with E-state index in [1.807, 2.05) is 72.8 Å². The Morgan fingerprint density at radius 3 is 1.29 bits per heavy atom. The summed E-state index contributed by atoms with van der Waals surface area (Å²) in [5.74, 6) is 0.995. The van der Waals surface area contributed by atoms with E-state index in [0.717, 1.165) is 56.9 Å². The Kier molecular flexibility index (Phi) is 11.1. The fraction of sp³-hybridized carbons (Fsp3) is 0.158. The Labute approximate surface area is 306 Å². The Balaban J connectivity index is 1.11. The fourth-order valence-corrected chi connectivity index (χ4v) is 6.72. The second-order valence-electron chi connectivity index (χ2n) is 11.3. The van der Waals surface area contributed by atoms with Gasteiger partial charge in [-0.25, -0.2) is 9.98 Å². The number of benzene rings is 4. The van der Waals surface area contributed by atoms with Crippen molar-refractivity contribution >= 4 is 90.7 Å². The zero-order chi connectivity index (χ0) is 33.6. The first-order valence-corrected chi connectivity index (χ1v) is 17.9. The highest BCUT2D eigenvalue weighted by Gasteiger charge is 2.33. The van der Waals surface area contributed by atoms with Crippen LogP contribution < -0.4 is 0 Å². The van der Waals surface area contributed by atoms with Gasteiger partial charge in [0, 0.05) is 43.2 Å². The maximum atomic E-state index is 13.6. The van der Waals surface area contributed by atoms with Crippen LogP contribution in [0.3, 0.4) is 0 Å². The summed E-state index contributed by atoms with van der Waals surface area (Å²) in [7, 11) is 0. The van der Waals surface area contributed by atoms with E-state index >= 15 is 0 Å².